The Morgan fingerprint density at radius 1 is 0.652 bits per heavy atom. The molecule has 0 bridgehead atoms. The molecule has 366 valence electrons. The number of nitrogens with zero attached hydrogens (tertiary/aromatic N) is 6. The van der Waals surface area contributed by atoms with Crippen LogP contribution >= 0.6 is 11.7 Å². The van der Waals surface area contributed by atoms with E-state index in [-0.39, 0.29) is 48.8 Å². The van der Waals surface area contributed by atoms with E-state index in [9.17, 15) is 19.2 Å². The summed E-state index contributed by atoms with van der Waals surface area (Å²) in [5.74, 6) is 2.11. The fourth-order valence-electron chi connectivity index (χ4n) is 10.3. The van der Waals surface area contributed by atoms with Crippen LogP contribution in [0.3, 0.4) is 0 Å². The lowest BCUT2D eigenvalue weighted by atomic mass is 9.90. The molecule has 4 fully saturated rings. The van der Waals surface area contributed by atoms with Crippen LogP contribution in [0.15, 0.2) is 48.8 Å². The third-order valence-corrected chi connectivity index (χ3v) is 15.4. The average molecular weight is 963 g/mol. The smallest absolute Gasteiger partial charge is 0.407 e. The van der Waals surface area contributed by atoms with Gasteiger partial charge in [-0.2, -0.15) is 8.75 Å². The number of aromatic amines is 2. The quantitative estimate of drug-likeness (QED) is 0.0811. The molecule has 5 aromatic rings. The summed E-state index contributed by atoms with van der Waals surface area (Å²) in [6.07, 6.45) is 13.0. The second kappa shape index (κ2) is 21.5. The number of alkyl carbamates (subject to hydrolysis) is 2. The van der Waals surface area contributed by atoms with Crippen LogP contribution in [0.2, 0.25) is 0 Å². The Balaban J connectivity index is 0.00000317. The minimum Gasteiger partial charge on any atom is -0.453 e. The highest BCUT2D eigenvalue weighted by Gasteiger charge is 2.52. The Bertz CT molecular complexity index is 2600. The molecule has 4 N–H and O–H groups in total. The first-order valence-corrected chi connectivity index (χ1v) is 24.4. The Kier molecular flexibility index (Phi) is 15.3. The second-order valence-corrected chi connectivity index (χ2v) is 19.2. The molecule has 18 nitrogen and oxygen atoms in total. The van der Waals surface area contributed by atoms with Crippen LogP contribution in [-0.4, -0.2) is 127 Å². The Morgan fingerprint density at radius 2 is 1.06 bits per heavy atom. The molecule has 6 unspecified atom stereocenters. The lowest BCUT2D eigenvalue weighted by Gasteiger charge is -2.34. The SMILES string of the molecule is C#C.COC(=O)NC(C(=O)N(Cc1ncc(-c2ccc(-c3ccc(-c4cnc(CN(C(=O)C(NC(=O)OC)C5CCOCC5)C5C(C)[C@H]5C)[nH]4)c4nsnc34)cc2)[nH]1)C1C(C)[C@H]1C)C1CCOCC1. The van der Waals surface area contributed by atoms with E-state index in [0.29, 0.717) is 87.4 Å². The van der Waals surface area contributed by atoms with Crippen LogP contribution in [0.4, 0.5) is 9.59 Å². The first kappa shape index (κ1) is 49.1. The Labute approximate surface area is 406 Å². The molecule has 19 heteroatoms. The number of hydrogen-bond donors (Lipinski definition) is 4. The van der Waals surface area contributed by atoms with E-state index in [4.69, 9.17) is 37.7 Å². The molecular weight excluding hydrogens is 901 g/mol. The van der Waals surface area contributed by atoms with E-state index in [1.54, 1.807) is 12.4 Å². The van der Waals surface area contributed by atoms with Crippen molar-refractivity contribution in [3.8, 4) is 46.5 Å². The first-order chi connectivity index (χ1) is 33.4. The molecule has 5 heterocycles. The number of nitrogens with one attached hydrogen (secondary N) is 4. The summed E-state index contributed by atoms with van der Waals surface area (Å²) in [5.41, 5.74) is 6.73. The van der Waals surface area contributed by atoms with Gasteiger partial charge in [0.15, 0.2) is 0 Å². The van der Waals surface area contributed by atoms with Crippen molar-refractivity contribution in [2.75, 3.05) is 40.6 Å². The normalized spacial score (nSPS) is 23.1. The number of ether oxygens (including phenoxy) is 4. The van der Waals surface area contributed by atoms with Crippen molar-refractivity contribution in [3.05, 3.63) is 60.4 Å². The topological polar surface area (TPSA) is 219 Å². The number of H-pyrrole nitrogens is 2. The molecule has 9 rings (SSSR count). The zero-order chi connectivity index (χ0) is 48.9. The van der Waals surface area contributed by atoms with Crippen LogP contribution < -0.4 is 10.6 Å². The summed E-state index contributed by atoms with van der Waals surface area (Å²) in [4.78, 5) is 73.8. The van der Waals surface area contributed by atoms with Crippen LogP contribution in [0.5, 0.6) is 0 Å². The van der Waals surface area contributed by atoms with Gasteiger partial charge in [0.25, 0.3) is 0 Å². The summed E-state index contributed by atoms with van der Waals surface area (Å²) in [7, 11) is 2.61. The van der Waals surface area contributed by atoms with Gasteiger partial charge in [0.05, 0.1) is 62.8 Å². The van der Waals surface area contributed by atoms with E-state index in [2.05, 4.69) is 61.1 Å². The van der Waals surface area contributed by atoms with Gasteiger partial charge in [-0.15, -0.1) is 12.8 Å². The number of hydrogen-bond acceptors (Lipinski definition) is 13. The molecule has 2 saturated heterocycles. The zero-order valence-electron chi connectivity index (χ0n) is 40.0. The van der Waals surface area contributed by atoms with Gasteiger partial charge in [-0.1, -0.05) is 58.0 Å². The van der Waals surface area contributed by atoms with Crippen molar-refractivity contribution in [1.29, 1.82) is 0 Å². The number of imidazole rings is 2. The van der Waals surface area contributed by atoms with E-state index >= 15 is 0 Å². The van der Waals surface area contributed by atoms with E-state index in [1.165, 1.54) is 14.2 Å². The highest BCUT2D eigenvalue weighted by atomic mass is 32.1. The third kappa shape index (κ3) is 10.5. The predicted octanol–water partition coefficient (Wildman–Crippen LogP) is 6.66. The zero-order valence-corrected chi connectivity index (χ0v) is 40.8. The largest absolute Gasteiger partial charge is 0.453 e. The summed E-state index contributed by atoms with van der Waals surface area (Å²) in [6.45, 7) is 11.3. The van der Waals surface area contributed by atoms with Crippen molar-refractivity contribution < 1.29 is 38.1 Å². The number of benzene rings is 2. The van der Waals surface area contributed by atoms with Gasteiger partial charge in [0.2, 0.25) is 11.8 Å². The summed E-state index contributed by atoms with van der Waals surface area (Å²) in [5, 5.41) is 5.69. The number of methoxy groups -OCH3 is 2. The van der Waals surface area contributed by atoms with Gasteiger partial charge >= 0.3 is 12.2 Å². The van der Waals surface area contributed by atoms with E-state index < -0.39 is 24.3 Å². The van der Waals surface area contributed by atoms with Gasteiger partial charge in [-0.25, -0.2) is 19.6 Å². The van der Waals surface area contributed by atoms with Crippen molar-refractivity contribution in [1.82, 2.24) is 49.1 Å². The Hall–Kier alpha value is -6.36. The maximum atomic E-state index is 14.4. The maximum absolute atomic E-state index is 14.4. The molecule has 2 aliphatic carbocycles. The molecule has 2 saturated carbocycles. The first-order valence-electron chi connectivity index (χ1n) is 23.7. The lowest BCUT2D eigenvalue weighted by molar-refractivity contribution is -0.138. The fourth-order valence-corrected chi connectivity index (χ4v) is 10.9. The van der Waals surface area contributed by atoms with Crippen molar-refractivity contribution in [3.63, 3.8) is 0 Å². The molecule has 8 atom stereocenters. The number of terminal acetylenes is 1. The summed E-state index contributed by atoms with van der Waals surface area (Å²) >= 11 is 1.14. The highest BCUT2D eigenvalue weighted by molar-refractivity contribution is 7.00. The van der Waals surface area contributed by atoms with Gasteiger partial charge < -0.3 is 49.3 Å². The van der Waals surface area contributed by atoms with Crippen LogP contribution in [-0.2, 0) is 41.6 Å². The summed E-state index contributed by atoms with van der Waals surface area (Å²) < 4.78 is 30.4. The fraction of sp³-hybridized carbons (Fsp3) is 0.520. The average Bonchev–Trinajstić information content (AvgIpc) is 3.81. The molecule has 4 amide bonds. The molecule has 0 spiro atoms. The molecule has 2 aliphatic heterocycles. The lowest BCUT2D eigenvalue weighted by Crippen LogP contribution is -2.54. The monoisotopic (exact) mass is 962 g/mol. The van der Waals surface area contributed by atoms with Gasteiger partial charge in [0.1, 0.15) is 34.8 Å². The van der Waals surface area contributed by atoms with Gasteiger partial charge in [-0.05, 0) is 78.4 Å². The molecule has 2 aromatic carbocycles. The number of fused-ring (bicyclic) bond motifs is 1. The Morgan fingerprint density at radius 3 is 1.51 bits per heavy atom. The van der Waals surface area contributed by atoms with Crippen LogP contribution in [0.1, 0.15) is 65.0 Å². The van der Waals surface area contributed by atoms with Crippen molar-refractivity contribution >= 4 is 46.8 Å². The van der Waals surface area contributed by atoms with Crippen molar-refractivity contribution in [2.24, 2.45) is 35.5 Å². The highest BCUT2D eigenvalue weighted by Crippen LogP contribution is 2.45. The second-order valence-electron chi connectivity index (χ2n) is 18.7. The minimum absolute atomic E-state index is 0.0120. The van der Waals surface area contributed by atoms with E-state index in [1.807, 2.05) is 46.2 Å². The standard InChI is InChI=1S/C48H60N10O8S.C2H2/c1-25-26(2)43(25)57(45(59)39(53-47(61)63-5)31-13-17-65-18-14-31)23-37-49-21-35(51-37)30-9-7-29(8-10-30)33-11-12-34(42-41(33)55-67-56-42)36-22-50-38(52-36)24-58(44-27(3)28(44)4)46(60)40(54-48(62)64-6)32-15-19-66-20-16-32;1-2/h7-12,21-22,25-28,31-32,39-40,43-44H,13-20,23-24H2,1-6H3,(H,49,51)(H,50,52)(H,53,61)(H,54,62);1-2H/t25-,26?,27-,28?,39?,40?,43?,44?;/m1./s1. The van der Waals surface area contributed by atoms with Crippen LogP contribution in [0.25, 0.3) is 44.7 Å². The minimum atomic E-state index is -0.738. The number of carbonyl (C=O) groups excluding carboxylic acids is 4. The molecule has 69 heavy (non-hydrogen) atoms. The summed E-state index contributed by atoms with van der Waals surface area (Å²) in [6, 6.07) is 10.8. The van der Waals surface area contributed by atoms with Gasteiger partial charge in [-0.3, -0.25) is 9.59 Å². The van der Waals surface area contributed by atoms with Crippen molar-refractivity contribution in [2.45, 2.75) is 90.6 Å². The number of aromatic nitrogens is 6. The number of carbonyl (C=O) groups is 4. The number of rotatable bonds is 15. The third-order valence-electron chi connectivity index (χ3n) is 14.9. The maximum Gasteiger partial charge on any atom is 0.407 e. The molecule has 4 aliphatic rings. The van der Waals surface area contributed by atoms with E-state index in [0.717, 1.165) is 56.4 Å². The van der Waals surface area contributed by atoms with Gasteiger partial charge in [0, 0.05) is 49.6 Å². The van der Waals surface area contributed by atoms with Crippen LogP contribution in [0, 0.1) is 48.4 Å². The molecular formula is C50H62N10O8S. The molecule has 3 aromatic heterocycles. The predicted molar refractivity (Wildman–Crippen MR) is 259 cm³/mol. The molecule has 0 radical (unpaired) electrons. The number of amides is 4.